The summed E-state index contributed by atoms with van der Waals surface area (Å²) in [6.07, 6.45) is 2.45. The van der Waals surface area contributed by atoms with Crippen molar-refractivity contribution in [3.63, 3.8) is 0 Å². The van der Waals surface area contributed by atoms with E-state index in [2.05, 4.69) is 4.98 Å². The average Bonchev–Trinajstić information content (AvgIpc) is 2.28. The number of methoxy groups -OCH3 is 1. The van der Waals surface area contributed by atoms with Gasteiger partial charge in [0.25, 0.3) is 5.56 Å². The van der Waals surface area contributed by atoms with Gasteiger partial charge in [-0.2, -0.15) is 0 Å². The second kappa shape index (κ2) is 3.65. The predicted molar refractivity (Wildman–Crippen MR) is 55.0 cm³/mol. The van der Waals surface area contributed by atoms with Gasteiger partial charge in [-0.05, 0) is 12.1 Å². The summed E-state index contributed by atoms with van der Waals surface area (Å²) in [5, 5.41) is 8.77. The van der Waals surface area contributed by atoms with Crippen LogP contribution in [0.4, 0.5) is 0 Å². The van der Waals surface area contributed by atoms with Gasteiger partial charge < -0.3 is 9.84 Å². The fraction of sp³-hybridized carbons (Fsp3) is 0.100. The molecule has 6 heteroatoms. The number of aromatic nitrogens is 2. The Bertz CT molecular complexity index is 618. The first-order valence-corrected chi connectivity index (χ1v) is 4.42. The van der Waals surface area contributed by atoms with Crippen molar-refractivity contribution in [1.29, 1.82) is 0 Å². The van der Waals surface area contributed by atoms with E-state index in [0.717, 1.165) is 10.6 Å². The second-order valence-electron chi connectivity index (χ2n) is 3.08. The van der Waals surface area contributed by atoms with Crippen LogP contribution in [0.5, 0.6) is 5.75 Å². The van der Waals surface area contributed by atoms with Gasteiger partial charge in [0, 0.05) is 6.20 Å². The summed E-state index contributed by atoms with van der Waals surface area (Å²) >= 11 is 0. The maximum atomic E-state index is 11.7. The number of carbonyl (C=O) groups is 1. The van der Waals surface area contributed by atoms with Gasteiger partial charge in [0.15, 0.2) is 0 Å². The number of aromatic carboxylic acids is 1. The minimum absolute atomic E-state index is 0.370. The molecule has 0 bridgehead atoms. The molecule has 82 valence electrons. The van der Waals surface area contributed by atoms with Crippen LogP contribution in [-0.2, 0) is 0 Å². The first kappa shape index (κ1) is 10.2. The largest absolute Gasteiger partial charge is 0.495 e. The lowest BCUT2D eigenvalue weighted by molar-refractivity contribution is 0.0694. The van der Waals surface area contributed by atoms with Crippen LogP contribution < -0.4 is 10.3 Å². The van der Waals surface area contributed by atoms with Crippen LogP contribution in [-0.4, -0.2) is 27.6 Å². The van der Waals surface area contributed by atoms with Gasteiger partial charge in [0.05, 0.1) is 13.3 Å². The third-order valence-electron chi connectivity index (χ3n) is 2.14. The van der Waals surface area contributed by atoms with E-state index in [0.29, 0.717) is 11.4 Å². The minimum atomic E-state index is -1.30. The number of rotatable bonds is 2. The molecule has 0 aliphatic rings. The maximum absolute atomic E-state index is 11.7. The molecular weight excluding hydrogens is 212 g/mol. The monoisotopic (exact) mass is 220 g/mol. The molecule has 6 nitrogen and oxygen atoms in total. The number of nitrogens with zero attached hydrogens (tertiary/aromatic N) is 2. The van der Waals surface area contributed by atoms with Crippen molar-refractivity contribution >= 4 is 11.6 Å². The number of carboxylic acids is 1. The number of pyridine rings is 1. The highest BCUT2D eigenvalue weighted by Gasteiger charge is 2.11. The van der Waals surface area contributed by atoms with E-state index in [9.17, 15) is 9.59 Å². The number of hydrogen-bond donors (Lipinski definition) is 1. The molecule has 0 aliphatic heterocycles. The molecule has 0 aromatic carbocycles. The van der Waals surface area contributed by atoms with Crippen molar-refractivity contribution in [1.82, 2.24) is 9.38 Å². The molecule has 0 saturated heterocycles. The Hall–Kier alpha value is -2.37. The van der Waals surface area contributed by atoms with E-state index in [1.54, 1.807) is 12.1 Å². The van der Waals surface area contributed by atoms with Gasteiger partial charge in [-0.3, -0.25) is 9.20 Å². The zero-order valence-electron chi connectivity index (χ0n) is 8.38. The normalized spacial score (nSPS) is 10.3. The predicted octanol–water partition coefficient (Wildman–Crippen LogP) is 0.401. The number of carboxylic acid groups (broad SMARTS) is 1. The van der Waals surface area contributed by atoms with Crippen LogP contribution in [0, 0.1) is 0 Å². The minimum Gasteiger partial charge on any atom is -0.495 e. The molecule has 0 unspecified atom stereocenters. The van der Waals surface area contributed by atoms with Crippen molar-refractivity contribution in [3.8, 4) is 5.75 Å². The molecule has 2 aromatic rings. The van der Waals surface area contributed by atoms with Gasteiger partial charge in [0.1, 0.15) is 17.0 Å². The zero-order chi connectivity index (χ0) is 11.7. The Labute approximate surface area is 89.7 Å². The van der Waals surface area contributed by atoms with Crippen molar-refractivity contribution in [2.45, 2.75) is 0 Å². The molecule has 16 heavy (non-hydrogen) atoms. The topological polar surface area (TPSA) is 80.9 Å². The first-order valence-electron chi connectivity index (χ1n) is 4.42. The van der Waals surface area contributed by atoms with E-state index >= 15 is 0 Å². The number of hydrogen-bond acceptors (Lipinski definition) is 4. The SMILES string of the molecule is COc1ccc2ncc(C(=O)O)c(=O)n2c1. The Morgan fingerprint density at radius 1 is 1.50 bits per heavy atom. The summed E-state index contributed by atoms with van der Waals surface area (Å²) in [6, 6.07) is 3.22. The van der Waals surface area contributed by atoms with Crippen molar-refractivity contribution in [2.75, 3.05) is 7.11 Å². The fourth-order valence-electron chi connectivity index (χ4n) is 1.32. The van der Waals surface area contributed by atoms with E-state index < -0.39 is 11.5 Å². The molecule has 0 radical (unpaired) electrons. The van der Waals surface area contributed by atoms with Crippen LogP contribution in [0.25, 0.3) is 5.65 Å². The molecule has 0 fully saturated rings. The van der Waals surface area contributed by atoms with Crippen molar-refractivity contribution in [3.05, 3.63) is 40.4 Å². The van der Waals surface area contributed by atoms with Crippen molar-refractivity contribution in [2.24, 2.45) is 0 Å². The summed E-state index contributed by atoms with van der Waals surface area (Å²) in [6.45, 7) is 0. The molecule has 1 N–H and O–H groups in total. The number of ether oxygens (including phenoxy) is 1. The van der Waals surface area contributed by atoms with Crippen LogP contribution in [0.2, 0.25) is 0 Å². The first-order chi connectivity index (χ1) is 7.63. The average molecular weight is 220 g/mol. The molecule has 2 aromatic heterocycles. The van der Waals surface area contributed by atoms with Crippen LogP contribution >= 0.6 is 0 Å². The Balaban J connectivity index is 2.81. The van der Waals surface area contributed by atoms with E-state index in [1.165, 1.54) is 13.3 Å². The van der Waals surface area contributed by atoms with E-state index in [4.69, 9.17) is 9.84 Å². The lowest BCUT2D eigenvalue weighted by atomic mass is 10.3. The van der Waals surface area contributed by atoms with Crippen LogP contribution in [0.3, 0.4) is 0 Å². The third-order valence-corrected chi connectivity index (χ3v) is 2.14. The zero-order valence-corrected chi connectivity index (χ0v) is 8.38. The fourth-order valence-corrected chi connectivity index (χ4v) is 1.32. The smallest absolute Gasteiger partial charge is 0.342 e. The van der Waals surface area contributed by atoms with Gasteiger partial charge in [-0.25, -0.2) is 9.78 Å². The molecular formula is C10H8N2O4. The lowest BCUT2D eigenvalue weighted by Gasteiger charge is -2.03. The molecule has 2 rings (SSSR count). The molecule has 0 saturated carbocycles. The van der Waals surface area contributed by atoms with Gasteiger partial charge in [-0.15, -0.1) is 0 Å². The summed E-state index contributed by atoms with van der Waals surface area (Å²) in [4.78, 5) is 26.3. The van der Waals surface area contributed by atoms with E-state index in [1.807, 2.05) is 0 Å². The van der Waals surface area contributed by atoms with Crippen LogP contribution in [0.15, 0.2) is 29.3 Å². The van der Waals surface area contributed by atoms with Crippen LogP contribution in [0.1, 0.15) is 10.4 Å². The highest BCUT2D eigenvalue weighted by Crippen LogP contribution is 2.09. The summed E-state index contributed by atoms with van der Waals surface area (Å²) in [7, 11) is 1.46. The highest BCUT2D eigenvalue weighted by molar-refractivity contribution is 5.86. The molecule has 0 aliphatic carbocycles. The second-order valence-corrected chi connectivity index (χ2v) is 3.08. The Kier molecular flexibility index (Phi) is 2.32. The van der Waals surface area contributed by atoms with Gasteiger partial charge in [0.2, 0.25) is 0 Å². The van der Waals surface area contributed by atoms with Crippen molar-refractivity contribution < 1.29 is 14.6 Å². The lowest BCUT2D eigenvalue weighted by Crippen LogP contribution is -2.22. The Morgan fingerprint density at radius 2 is 2.25 bits per heavy atom. The molecule has 0 atom stereocenters. The summed E-state index contributed by atoms with van der Waals surface area (Å²) in [5.74, 6) is -0.839. The molecule has 0 spiro atoms. The van der Waals surface area contributed by atoms with Gasteiger partial charge >= 0.3 is 5.97 Å². The van der Waals surface area contributed by atoms with E-state index in [-0.39, 0.29) is 5.56 Å². The summed E-state index contributed by atoms with van der Waals surface area (Å²) in [5.41, 5.74) is -0.627. The molecule has 2 heterocycles. The highest BCUT2D eigenvalue weighted by atomic mass is 16.5. The van der Waals surface area contributed by atoms with Gasteiger partial charge in [-0.1, -0.05) is 0 Å². The molecule has 0 amide bonds. The summed E-state index contributed by atoms with van der Waals surface area (Å²) < 4.78 is 6.08. The maximum Gasteiger partial charge on any atom is 0.342 e. The quantitative estimate of drug-likeness (QED) is 0.792. The standard InChI is InChI=1S/C10H8N2O4/c1-16-6-2-3-8-11-4-7(10(14)15)9(13)12(8)5-6/h2-5H,1H3,(H,14,15). The third kappa shape index (κ3) is 1.50. The number of fused-ring (bicyclic) bond motifs is 1. The Morgan fingerprint density at radius 3 is 2.88 bits per heavy atom.